The molecule has 0 bridgehead atoms. The molecule has 3 aromatic heterocycles. The van der Waals surface area contributed by atoms with E-state index in [1.54, 1.807) is 0 Å². The zero-order valence-electron chi connectivity index (χ0n) is 15.0. The fourth-order valence-corrected chi connectivity index (χ4v) is 5.31. The van der Waals surface area contributed by atoms with Crippen LogP contribution in [0.2, 0.25) is 0 Å². The van der Waals surface area contributed by atoms with Gasteiger partial charge < -0.3 is 4.57 Å². The number of rotatable bonds is 3. The van der Waals surface area contributed by atoms with Gasteiger partial charge in [-0.25, -0.2) is 0 Å². The second kappa shape index (κ2) is 6.32. The van der Waals surface area contributed by atoms with Gasteiger partial charge in [-0.3, -0.25) is 0 Å². The highest BCUT2D eigenvalue weighted by Gasteiger charge is 2.17. The Balaban J connectivity index is 1.96. The third-order valence-electron chi connectivity index (χ3n) is 4.54. The molecule has 4 rings (SSSR count). The van der Waals surface area contributed by atoms with Crippen molar-refractivity contribution in [2.24, 2.45) is 0 Å². The molecule has 0 radical (unpaired) electrons. The zero-order valence-corrected chi connectivity index (χ0v) is 16.6. The van der Waals surface area contributed by atoms with Crippen LogP contribution in [0.15, 0.2) is 54.9 Å². The molecular weight excluding hydrogens is 342 g/mol. The summed E-state index contributed by atoms with van der Waals surface area (Å²) in [5.41, 5.74) is 6.56. The molecule has 0 spiro atoms. The first-order valence-corrected chi connectivity index (χ1v) is 10.1. The molecule has 0 saturated heterocycles. The van der Waals surface area contributed by atoms with Gasteiger partial charge in [-0.2, -0.15) is 0 Å². The molecule has 0 aliphatic heterocycles. The topological polar surface area (TPSA) is 4.93 Å². The van der Waals surface area contributed by atoms with E-state index in [2.05, 4.69) is 87.1 Å². The van der Waals surface area contributed by atoms with Gasteiger partial charge in [0.05, 0.1) is 0 Å². The van der Waals surface area contributed by atoms with Crippen molar-refractivity contribution in [3.63, 3.8) is 0 Å². The molecule has 126 valence electrons. The van der Waals surface area contributed by atoms with Gasteiger partial charge in [0.25, 0.3) is 0 Å². The third kappa shape index (κ3) is 2.99. The summed E-state index contributed by atoms with van der Waals surface area (Å²) in [4.78, 5) is 5.50. The molecule has 3 heteroatoms. The van der Waals surface area contributed by atoms with Crippen LogP contribution in [0.3, 0.4) is 0 Å². The van der Waals surface area contributed by atoms with Gasteiger partial charge in [0.15, 0.2) is 0 Å². The molecule has 0 aliphatic carbocycles. The Kier molecular flexibility index (Phi) is 4.14. The fourth-order valence-electron chi connectivity index (χ4n) is 3.43. The first kappa shape index (κ1) is 16.4. The van der Waals surface area contributed by atoms with Crippen molar-refractivity contribution in [3.05, 3.63) is 74.4 Å². The SMILES string of the molecule is Cc1cc(-c2cn(-c3ccccc3)cc2-c2cc(C)sc2C)c(C)s1. The molecule has 25 heavy (non-hydrogen) atoms. The second-order valence-corrected chi connectivity index (χ2v) is 9.40. The number of hydrogen-bond donors (Lipinski definition) is 0. The quantitative estimate of drug-likeness (QED) is 0.364. The van der Waals surface area contributed by atoms with Gasteiger partial charge in [0.1, 0.15) is 0 Å². The lowest BCUT2D eigenvalue weighted by Gasteiger charge is -2.03. The van der Waals surface area contributed by atoms with Gasteiger partial charge in [-0.15, -0.1) is 22.7 Å². The molecule has 0 N–H and O–H groups in total. The average Bonchev–Trinajstić information content (AvgIpc) is 3.25. The van der Waals surface area contributed by atoms with Crippen molar-refractivity contribution in [2.45, 2.75) is 27.7 Å². The number of aromatic nitrogens is 1. The highest BCUT2D eigenvalue weighted by Crippen LogP contribution is 2.41. The van der Waals surface area contributed by atoms with E-state index < -0.39 is 0 Å². The summed E-state index contributed by atoms with van der Waals surface area (Å²) in [5, 5.41) is 0. The summed E-state index contributed by atoms with van der Waals surface area (Å²) in [6, 6.07) is 15.2. The standard InChI is InChI=1S/C22H21NS2/c1-14-10-19(16(3)24-14)21-12-23(18-8-6-5-7-9-18)13-22(21)20-11-15(2)25-17(20)4/h5-13H,1-4H3. The van der Waals surface area contributed by atoms with E-state index in [-0.39, 0.29) is 0 Å². The van der Waals surface area contributed by atoms with Crippen molar-refractivity contribution in [1.82, 2.24) is 4.57 Å². The van der Waals surface area contributed by atoms with Crippen LogP contribution in [0.5, 0.6) is 0 Å². The van der Waals surface area contributed by atoms with Crippen molar-refractivity contribution >= 4 is 22.7 Å². The number of benzene rings is 1. The Bertz CT molecular complexity index is 968. The third-order valence-corrected chi connectivity index (χ3v) is 6.48. The van der Waals surface area contributed by atoms with Gasteiger partial charge in [-0.1, -0.05) is 18.2 Å². The Morgan fingerprint density at radius 3 is 1.52 bits per heavy atom. The van der Waals surface area contributed by atoms with Crippen molar-refractivity contribution < 1.29 is 0 Å². The molecule has 0 fully saturated rings. The van der Waals surface area contributed by atoms with E-state index in [4.69, 9.17) is 0 Å². The summed E-state index contributed by atoms with van der Waals surface area (Å²) in [6.45, 7) is 8.83. The highest BCUT2D eigenvalue weighted by atomic mass is 32.1. The molecule has 1 nitrogen and oxygen atoms in total. The second-order valence-electron chi connectivity index (χ2n) is 6.48. The van der Waals surface area contributed by atoms with Crippen LogP contribution in [0, 0.1) is 27.7 Å². The van der Waals surface area contributed by atoms with Gasteiger partial charge >= 0.3 is 0 Å². The molecule has 0 atom stereocenters. The van der Waals surface area contributed by atoms with Crippen molar-refractivity contribution in [2.75, 3.05) is 0 Å². The molecule has 0 aliphatic rings. The molecule has 3 heterocycles. The van der Waals surface area contributed by atoms with E-state index >= 15 is 0 Å². The lowest BCUT2D eigenvalue weighted by atomic mass is 10.00. The number of thiophene rings is 2. The van der Waals surface area contributed by atoms with Crippen LogP contribution in [-0.2, 0) is 0 Å². The highest BCUT2D eigenvalue weighted by molar-refractivity contribution is 7.12. The number of para-hydroxylation sites is 1. The van der Waals surface area contributed by atoms with Crippen molar-refractivity contribution in [1.29, 1.82) is 0 Å². The maximum absolute atomic E-state index is 2.32. The van der Waals surface area contributed by atoms with E-state index in [0.29, 0.717) is 0 Å². The molecule has 0 saturated carbocycles. The van der Waals surface area contributed by atoms with Crippen LogP contribution in [0.4, 0.5) is 0 Å². The Labute approximate surface area is 157 Å². The van der Waals surface area contributed by atoms with Gasteiger partial charge in [0.2, 0.25) is 0 Å². The molecule has 1 aromatic carbocycles. The van der Waals surface area contributed by atoms with E-state index in [9.17, 15) is 0 Å². The summed E-state index contributed by atoms with van der Waals surface area (Å²) in [7, 11) is 0. The Morgan fingerprint density at radius 1 is 0.640 bits per heavy atom. The molecule has 0 amide bonds. The lowest BCUT2D eigenvalue weighted by molar-refractivity contribution is 1.08. The molecule has 0 unspecified atom stereocenters. The fraction of sp³-hybridized carbons (Fsp3) is 0.182. The summed E-state index contributed by atoms with van der Waals surface area (Å²) >= 11 is 3.75. The van der Waals surface area contributed by atoms with E-state index in [1.807, 2.05) is 22.7 Å². The number of aryl methyl sites for hydroxylation is 4. The first-order valence-electron chi connectivity index (χ1n) is 8.45. The Hall–Kier alpha value is -2.10. The average molecular weight is 364 g/mol. The van der Waals surface area contributed by atoms with Crippen LogP contribution >= 0.6 is 22.7 Å². The van der Waals surface area contributed by atoms with Crippen LogP contribution in [0.25, 0.3) is 27.9 Å². The van der Waals surface area contributed by atoms with Gasteiger partial charge in [-0.05, 0) is 63.1 Å². The largest absolute Gasteiger partial charge is 0.323 e. The maximum Gasteiger partial charge on any atom is 0.0449 e. The van der Waals surface area contributed by atoms with Crippen LogP contribution in [-0.4, -0.2) is 4.57 Å². The summed E-state index contributed by atoms with van der Waals surface area (Å²) < 4.78 is 2.25. The summed E-state index contributed by atoms with van der Waals surface area (Å²) in [5.74, 6) is 0. The smallest absolute Gasteiger partial charge is 0.0449 e. The maximum atomic E-state index is 2.32. The molecular formula is C22H21NS2. The van der Waals surface area contributed by atoms with Crippen LogP contribution in [0.1, 0.15) is 19.5 Å². The van der Waals surface area contributed by atoms with E-state index in [0.717, 1.165) is 0 Å². The minimum absolute atomic E-state index is 1.20. The minimum Gasteiger partial charge on any atom is -0.323 e. The lowest BCUT2D eigenvalue weighted by Crippen LogP contribution is -1.87. The predicted molar refractivity (Wildman–Crippen MR) is 111 cm³/mol. The minimum atomic E-state index is 1.20. The van der Waals surface area contributed by atoms with E-state index in [1.165, 1.54) is 47.4 Å². The van der Waals surface area contributed by atoms with Gasteiger partial charge in [0, 0.05) is 48.7 Å². The first-order chi connectivity index (χ1) is 12.0. The number of nitrogens with zero attached hydrogens (tertiary/aromatic N) is 1. The number of hydrogen-bond acceptors (Lipinski definition) is 2. The molecule has 4 aromatic rings. The normalized spacial score (nSPS) is 11.2. The Morgan fingerprint density at radius 2 is 1.12 bits per heavy atom. The summed E-state index contributed by atoms with van der Waals surface area (Å²) in [6.07, 6.45) is 4.57. The van der Waals surface area contributed by atoms with Crippen LogP contribution < -0.4 is 0 Å². The van der Waals surface area contributed by atoms with Crippen molar-refractivity contribution in [3.8, 4) is 27.9 Å². The zero-order chi connectivity index (χ0) is 17.6. The monoisotopic (exact) mass is 363 g/mol. The predicted octanol–water partition coefficient (Wildman–Crippen LogP) is 7.17.